The SMILES string of the molecule is C/C=C\C=C(/C)COC(=O)N[C@@H](CC(C)C)C(=O)N[C@H](CO)CCC. The van der Waals surface area contributed by atoms with Crippen LogP contribution in [0.5, 0.6) is 0 Å². The van der Waals surface area contributed by atoms with Crippen molar-refractivity contribution >= 4 is 12.0 Å². The van der Waals surface area contributed by atoms with Gasteiger partial charge in [-0.15, -0.1) is 0 Å². The number of nitrogens with one attached hydrogen (secondary N) is 2. The van der Waals surface area contributed by atoms with Gasteiger partial charge in [-0.25, -0.2) is 4.79 Å². The Morgan fingerprint density at radius 2 is 1.92 bits per heavy atom. The van der Waals surface area contributed by atoms with Gasteiger partial charge in [-0.1, -0.05) is 45.4 Å². The van der Waals surface area contributed by atoms with E-state index in [0.717, 1.165) is 12.0 Å². The molecule has 0 bridgehead atoms. The Hall–Kier alpha value is -1.82. The summed E-state index contributed by atoms with van der Waals surface area (Å²) in [7, 11) is 0. The van der Waals surface area contributed by atoms with Crippen LogP contribution < -0.4 is 10.6 Å². The first-order valence-corrected chi connectivity index (χ1v) is 8.96. The highest BCUT2D eigenvalue weighted by atomic mass is 16.5. The van der Waals surface area contributed by atoms with E-state index in [1.165, 1.54) is 0 Å². The summed E-state index contributed by atoms with van der Waals surface area (Å²) in [6, 6.07) is -0.978. The minimum atomic E-state index is -0.682. The molecule has 0 aliphatic rings. The van der Waals surface area contributed by atoms with Gasteiger partial charge in [0.25, 0.3) is 0 Å². The maximum atomic E-state index is 12.4. The Bertz CT molecular complexity index is 458. The lowest BCUT2D eigenvalue weighted by Gasteiger charge is -2.23. The van der Waals surface area contributed by atoms with Gasteiger partial charge >= 0.3 is 6.09 Å². The topological polar surface area (TPSA) is 87.7 Å². The van der Waals surface area contributed by atoms with Crippen LogP contribution in [-0.4, -0.2) is 42.4 Å². The maximum Gasteiger partial charge on any atom is 0.408 e. The first-order valence-electron chi connectivity index (χ1n) is 8.96. The van der Waals surface area contributed by atoms with Crippen LogP contribution in [0.25, 0.3) is 0 Å². The molecule has 6 heteroatoms. The van der Waals surface area contributed by atoms with E-state index in [-0.39, 0.29) is 31.1 Å². The van der Waals surface area contributed by atoms with Crippen molar-refractivity contribution < 1.29 is 19.4 Å². The molecule has 0 unspecified atom stereocenters. The van der Waals surface area contributed by atoms with Gasteiger partial charge in [-0.2, -0.15) is 0 Å². The quantitative estimate of drug-likeness (QED) is 0.498. The van der Waals surface area contributed by atoms with Crippen molar-refractivity contribution in [2.24, 2.45) is 5.92 Å². The summed E-state index contributed by atoms with van der Waals surface area (Å²) in [6.45, 7) is 9.76. The van der Waals surface area contributed by atoms with Gasteiger partial charge in [0.15, 0.2) is 0 Å². The molecule has 0 aromatic heterocycles. The maximum absolute atomic E-state index is 12.4. The molecule has 0 aliphatic heterocycles. The zero-order valence-corrected chi connectivity index (χ0v) is 16.2. The van der Waals surface area contributed by atoms with Crippen LogP contribution in [-0.2, 0) is 9.53 Å². The Morgan fingerprint density at radius 1 is 1.24 bits per heavy atom. The van der Waals surface area contributed by atoms with E-state index in [9.17, 15) is 14.7 Å². The van der Waals surface area contributed by atoms with Crippen molar-refractivity contribution in [3.63, 3.8) is 0 Å². The fourth-order valence-corrected chi connectivity index (χ4v) is 2.23. The van der Waals surface area contributed by atoms with E-state index in [1.54, 1.807) is 0 Å². The van der Waals surface area contributed by atoms with Crippen molar-refractivity contribution in [3.8, 4) is 0 Å². The molecule has 0 saturated heterocycles. The monoisotopic (exact) mass is 354 g/mol. The molecule has 0 aliphatic carbocycles. The van der Waals surface area contributed by atoms with Gasteiger partial charge in [0, 0.05) is 0 Å². The third-order valence-electron chi connectivity index (χ3n) is 3.52. The van der Waals surface area contributed by atoms with Crippen molar-refractivity contribution in [1.29, 1.82) is 0 Å². The molecule has 0 heterocycles. The molecule has 0 rings (SSSR count). The molecule has 25 heavy (non-hydrogen) atoms. The largest absolute Gasteiger partial charge is 0.445 e. The fraction of sp³-hybridized carbons (Fsp3) is 0.684. The van der Waals surface area contributed by atoms with E-state index in [4.69, 9.17) is 4.74 Å². The molecule has 6 nitrogen and oxygen atoms in total. The van der Waals surface area contributed by atoms with Crippen LogP contribution in [0.2, 0.25) is 0 Å². The van der Waals surface area contributed by atoms with Gasteiger partial charge in [-0.05, 0) is 38.2 Å². The summed E-state index contributed by atoms with van der Waals surface area (Å²) in [6.07, 6.45) is 7.05. The molecule has 3 N–H and O–H groups in total. The summed E-state index contributed by atoms with van der Waals surface area (Å²) >= 11 is 0. The van der Waals surface area contributed by atoms with E-state index in [2.05, 4.69) is 10.6 Å². The zero-order chi connectivity index (χ0) is 19.2. The van der Waals surface area contributed by atoms with E-state index < -0.39 is 12.1 Å². The number of hydrogen-bond donors (Lipinski definition) is 3. The molecule has 0 saturated carbocycles. The van der Waals surface area contributed by atoms with Crippen LogP contribution in [0, 0.1) is 5.92 Å². The second-order valence-electron chi connectivity index (χ2n) is 6.62. The Kier molecular flexibility index (Phi) is 12.5. The van der Waals surface area contributed by atoms with E-state index in [0.29, 0.717) is 12.8 Å². The highest BCUT2D eigenvalue weighted by Crippen LogP contribution is 2.07. The number of rotatable bonds is 11. The number of ether oxygens (including phenoxy) is 1. The lowest BCUT2D eigenvalue weighted by Crippen LogP contribution is -2.51. The zero-order valence-electron chi connectivity index (χ0n) is 16.2. The predicted octanol–water partition coefficient (Wildman–Crippen LogP) is 2.93. The number of aliphatic hydroxyl groups excluding tert-OH is 1. The molecule has 2 atom stereocenters. The minimum absolute atomic E-state index is 0.118. The summed E-state index contributed by atoms with van der Waals surface area (Å²) in [5.41, 5.74) is 0.904. The lowest BCUT2D eigenvalue weighted by atomic mass is 10.0. The number of allylic oxidation sites excluding steroid dienone is 3. The first kappa shape index (κ1) is 23.2. The van der Waals surface area contributed by atoms with E-state index >= 15 is 0 Å². The number of carbonyl (C=O) groups excluding carboxylic acids is 2. The third kappa shape index (κ3) is 11.4. The van der Waals surface area contributed by atoms with Crippen molar-refractivity contribution in [2.45, 2.75) is 66.0 Å². The van der Waals surface area contributed by atoms with Crippen molar-refractivity contribution in [1.82, 2.24) is 10.6 Å². The van der Waals surface area contributed by atoms with Crippen molar-refractivity contribution in [3.05, 3.63) is 23.8 Å². The highest BCUT2D eigenvalue weighted by Gasteiger charge is 2.24. The molecule has 0 fully saturated rings. The number of hydrogen-bond acceptors (Lipinski definition) is 4. The molecule has 2 amide bonds. The number of carbonyl (C=O) groups is 2. The average Bonchev–Trinajstić information content (AvgIpc) is 2.56. The van der Waals surface area contributed by atoms with Crippen LogP contribution in [0.4, 0.5) is 4.79 Å². The smallest absolute Gasteiger partial charge is 0.408 e. The summed E-state index contributed by atoms with van der Waals surface area (Å²) < 4.78 is 5.16. The lowest BCUT2D eigenvalue weighted by molar-refractivity contribution is -0.124. The molecule has 0 radical (unpaired) electrons. The highest BCUT2D eigenvalue weighted by molar-refractivity contribution is 5.85. The van der Waals surface area contributed by atoms with E-state index in [1.807, 2.05) is 52.8 Å². The number of alkyl carbamates (subject to hydrolysis) is 1. The van der Waals surface area contributed by atoms with Gasteiger partial charge in [-0.3, -0.25) is 4.79 Å². The Balaban J connectivity index is 4.69. The number of amides is 2. The number of aliphatic hydroxyl groups is 1. The summed E-state index contributed by atoms with van der Waals surface area (Å²) in [5, 5.41) is 14.8. The Morgan fingerprint density at radius 3 is 2.44 bits per heavy atom. The summed E-state index contributed by atoms with van der Waals surface area (Å²) in [4.78, 5) is 24.4. The normalized spacial score (nSPS) is 14.4. The molecular weight excluding hydrogens is 320 g/mol. The minimum Gasteiger partial charge on any atom is -0.445 e. The molecule has 144 valence electrons. The summed E-state index contributed by atoms with van der Waals surface area (Å²) in [5.74, 6) is -0.0644. The second kappa shape index (κ2) is 13.5. The average molecular weight is 354 g/mol. The third-order valence-corrected chi connectivity index (χ3v) is 3.52. The van der Waals surface area contributed by atoms with Gasteiger partial charge in [0.05, 0.1) is 12.6 Å². The van der Waals surface area contributed by atoms with Gasteiger partial charge in [0.2, 0.25) is 5.91 Å². The molecule has 0 aromatic carbocycles. The molecular formula is C19H34N2O4. The van der Waals surface area contributed by atoms with Crippen LogP contribution >= 0.6 is 0 Å². The predicted molar refractivity (Wildman–Crippen MR) is 100 cm³/mol. The van der Waals surface area contributed by atoms with Gasteiger partial charge in [0.1, 0.15) is 12.6 Å². The molecule has 0 spiro atoms. The molecule has 0 aromatic rings. The van der Waals surface area contributed by atoms with Crippen LogP contribution in [0.3, 0.4) is 0 Å². The van der Waals surface area contributed by atoms with Crippen LogP contribution in [0.1, 0.15) is 53.9 Å². The van der Waals surface area contributed by atoms with Crippen LogP contribution in [0.15, 0.2) is 23.8 Å². The van der Waals surface area contributed by atoms with Gasteiger partial charge < -0.3 is 20.5 Å². The second-order valence-corrected chi connectivity index (χ2v) is 6.62. The van der Waals surface area contributed by atoms with Crippen molar-refractivity contribution in [2.75, 3.05) is 13.2 Å². The standard InChI is InChI=1S/C19H34N2O4/c1-6-8-10-15(5)13-25-19(24)21-17(11-14(3)4)18(23)20-16(12-22)9-7-2/h6,8,10,14,16-17,22H,7,9,11-13H2,1-5H3,(H,20,23)(H,21,24)/b8-6-,15-10+/t16-,17-/m0/s1. The fourth-order valence-electron chi connectivity index (χ4n) is 2.23. The Labute approximate surface area is 151 Å². The first-order chi connectivity index (χ1) is 11.8.